The molecule has 0 saturated carbocycles. The minimum atomic E-state index is -0.120. The van der Waals surface area contributed by atoms with E-state index in [1.54, 1.807) is 12.1 Å². The lowest BCUT2D eigenvalue weighted by atomic mass is 10.1. The van der Waals surface area contributed by atoms with E-state index in [0.717, 1.165) is 30.1 Å². The molecule has 3 aromatic rings. The van der Waals surface area contributed by atoms with Crippen molar-refractivity contribution in [3.8, 4) is 5.75 Å². The second kappa shape index (κ2) is 9.28. The summed E-state index contributed by atoms with van der Waals surface area (Å²) >= 11 is 0. The number of benzene rings is 3. The molecule has 4 rings (SSSR count). The predicted octanol–water partition coefficient (Wildman–Crippen LogP) is 5.51. The van der Waals surface area contributed by atoms with Crippen LogP contribution in [-0.4, -0.2) is 19.0 Å². The van der Waals surface area contributed by atoms with Gasteiger partial charge in [0.25, 0.3) is 5.91 Å². The number of carbonyl (C=O) groups is 1. The van der Waals surface area contributed by atoms with E-state index in [2.05, 4.69) is 22.3 Å². The maximum atomic E-state index is 12.5. The zero-order valence-corrected chi connectivity index (χ0v) is 16.5. The van der Waals surface area contributed by atoms with Crippen LogP contribution in [-0.2, 0) is 6.61 Å². The molecular formula is C25H26N2O2. The van der Waals surface area contributed by atoms with Gasteiger partial charge < -0.3 is 15.0 Å². The van der Waals surface area contributed by atoms with Gasteiger partial charge in [-0.2, -0.15) is 0 Å². The Morgan fingerprint density at radius 1 is 0.828 bits per heavy atom. The predicted molar refractivity (Wildman–Crippen MR) is 118 cm³/mol. The lowest BCUT2D eigenvalue weighted by Gasteiger charge is -2.28. The van der Waals surface area contributed by atoms with Crippen LogP contribution >= 0.6 is 0 Å². The Hall–Kier alpha value is -3.27. The van der Waals surface area contributed by atoms with E-state index in [-0.39, 0.29) is 5.91 Å². The fraction of sp³-hybridized carbons (Fsp3) is 0.240. The highest BCUT2D eigenvalue weighted by atomic mass is 16.5. The highest BCUT2D eigenvalue weighted by molar-refractivity contribution is 6.04. The zero-order valence-electron chi connectivity index (χ0n) is 16.5. The summed E-state index contributed by atoms with van der Waals surface area (Å²) in [6, 6.07) is 25.4. The number of hydrogen-bond donors (Lipinski definition) is 1. The van der Waals surface area contributed by atoms with Gasteiger partial charge in [0.15, 0.2) is 0 Å². The van der Waals surface area contributed by atoms with Crippen LogP contribution in [0, 0.1) is 0 Å². The van der Waals surface area contributed by atoms with Gasteiger partial charge in [0.2, 0.25) is 0 Å². The highest BCUT2D eigenvalue weighted by Gasteiger charge is 2.11. The van der Waals surface area contributed by atoms with Crippen molar-refractivity contribution in [1.29, 1.82) is 0 Å². The molecule has 3 aromatic carbocycles. The molecule has 1 amide bonds. The summed E-state index contributed by atoms with van der Waals surface area (Å²) in [7, 11) is 0. The molecule has 1 heterocycles. The summed E-state index contributed by atoms with van der Waals surface area (Å²) in [5.74, 6) is 0.626. The van der Waals surface area contributed by atoms with Crippen LogP contribution in [0.2, 0.25) is 0 Å². The maximum Gasteiger partial charge on any atom is 0.255 e. The molecular weight excluding hydrogens is 360 g/mol. The molecule has 4 nitrogen and oxygen atoms in total. The van der Waals surface area contributed by atoms with Crippen molar-refractivity contribution < 1.29 is 9.53 Å². The Balaban J connectivity index is 1.32. The standard InChI is InChI=1S/C25H26N2O2/c28-25(26-22-11-13-23(14-12-22)27-17-5-2-6-18-27)21-9-15-24(16-10-21)29-19-20-7-3-1-4-8-20/h1,3-4,7-16H,2,5-6,17-19H2,(H,26,28). The van der Waals surface area contributed by atoms with E-state index in [4.69, 9.17) is 4.74 Å². The van der Waals surface area contributed by atoms with Crippen LogP contribution in [0.25, 0.3) is 0 Å². The number of nitrogens with one attached hydrogen (secondary N) is 1. The van der Waals surface area contributed by atoms with Gasteiger partial charge in [-0.15, -0.1) is 0 Å². The van der Waals surface area contributed by atoms with Crippen molar-refractivity contribution in [3.63, 3.8) is 0 Å². The van der Waals surface area contributed by atoms with Crippen LogP contribution < -0.4 is 15.0 Å². The molecule has 4 heteroatoms. The van der Waals surface area contributed by atoms with Crippen LogP contribution in [0.5, 0.6) is 5.75 Å². The summed E-state index contributed by atoms with van der Waals surface area (Å²) in [5, 5.41) is 2.97. The van der Waals surface area contributed by atoms with Gasteiger partial charge in [-0.1, -0.05) is 30.3 Å². The normalized spacial score (nSPS) is 13.7. The lowest BCUT2D eigenvalue weighted by molar-refractivity contribution is 0.102. The van der Waals surface area contributed by atoms with E-state index in [0.29, 0.717) is 12.2 Å². The van der Waals surface area contributed by atoms with Crippen molar-refractivity contribution in [1.82, 2.24) is 0 Å². The third-order valence-corrected chi connectivity index (χ3v) is 5.21. The molecule has 148 valence electrons. The Labute approximate surface area is 172 Å². The number of carbonyl (C=O) groups excluding carboxylic acids is 1. The third-order valence-electron chi connectivity index (χ3n) is 5.21. The van der Waals surface area contributed by atoms with Gasteiger partial charge in [-0.25, -0.2) is 0 Å². The van der Waals surface area contributed by atoms with Gasteiger partial charge in [-0.3, -0.25) is 4.79 Å². The minimum Gasteiger partial charge on any atom is -0.489 e. The molecule has 0 atom stereocenters. The number of amides is 1. The average molecular weight is 386 g/mol. The Kier molecular flexibility index (Phi) is 6.10. The quantitative estimate of drug-likeness (QED) is 0.607. The maximum absolute atomic E-state index is 12.5. The number of piperidine rings is 1. The molecule has 0 aromatic heterocycles. The van der Waals surface area contributed by atoms with Crippen molar-refractivity contribution in [3.05, 3.63) is 90.0 Å². The van der Waals surface area contributed by atoms with E-state index in [9.17, 15) is 4.79 Å². The van der Waals surface area contributed by atoms with E-state index in [1.807, 2.05) is 54.6 Å². The molecule has 29 heavy (non-hydrogen) atoms. The summed E-state index contributed by atoms with van der Waals surface area (Å²) < 4.78 is 5.78. The molecule has 0 unspecified atom stereocenters. The number of hydrogen-bond acceptors (Lipinski definition) is 3. The molecule has 1 aliphatic rings. The fourth-order valence-electron chi connectivity index (χ4n) is 3.55. The van der Waals surface area contributed by atoms with Crippen LogP contribution in [0.4, 0.5) is 11.4 Å². The highest BCUT2D eigenvalue weighted by Crippen LogP contribution is 2.22. The minimum absolute atomic E-state index is 0.120. The number of rotatable bonds is 6. The van der Waals surface area contributed by atoms with Crippen molar-refractivity contribution >= 4 is 17.3 Å². The monoisotopic (exact) mass is 386 g/mol. The van der Waals surface area contributed by atoms with Crippen molar-refractivity contribution in [2.75, 3.05) is 23.3 Å². The van der Waals surface area contributed by atoms with Crippen LogP contribution in [0.1, 0.15) is 35.2 Å². The Morgan fingerprint density at radius 3 is 2.21 bits per heavy atom. The summed E-state index contributed by atoms with van der Waals surface area (Å²) in [4.78, 5) is 14.9. The van der Waals surface area contributed by atoms with Gasteiger partial charge in [0.1, 0.15) is 12.4 Å². The average Bonchev–Trinajstić information content (AvgIpc) is 2.80. The lowest BCUT2D eigenvalue weighted by Crippen LogP contribution is -2.29. The first-order valence-electron chi connectivity index (χ1n) is 10.2. The summed E-state index contributed by atoms with van der Waals surface area (Å²) in [5.41, 5.74) is 3.75. The largest absolute Gasteiger partial charge is 0.489 e. The smallest absolute Gasteiger partial charge is 0.255 e. The molecule has 0 aliphatic carbocycles. The molecule has 1 N–H and O–H groups in total. The summed E-state index contributed by atoms with van der Waals surface area (Å²) in [6.07, 6.45) is 3.83. The molecule has 1 saturated heterocycles. The first-order chi connectivity index (χ1) is 14.3. The molecule has 0 bridgehead atoms. The number of anilines is 2. The Bertz CT molecular complexity index is 915. The first kappa shape index (κ1) is 19.1. The first-order valence-corrected chi connectivity index (χ1v) is 10.2. The number of ether oxygens (including phenoxy) is 1. The van der Waals surface area contributed by atoms with Crippen LogP contribution in [0.3, 0.4) is 0 Å². The van der Waals surface area contributed by atoms with E-state index < -0.39 is 0 Å². The van der Waals surface area contributed by atoms with Gasteiger partial charge >= 0.3 is 0 Å². The molecule has 1 aliphatic heterocycles. The fourth-order valence-corrected chi connectivity index (χ4v) is 3.55. The SMILES string of the molecule is O=C(Nc1ccc(N2CCCCC2)cc1)c1ccc(OCc2ccccc2)cc1. The van der Waals surface area contributed by atoms with Crippen molar-refractivity contribution in [2.45, 2.75) is 25.9 Å². The topological polar surface area (TPSA) is 41.6 Å². The van der Waals surface area contributed by atoms with Gasteiger partial charge in [-0.05, 0) is 73.4 Å². The van der Waals surface area contributed by atoms with Gasteiger partial charge in [0.05, 0.1) is 0 Å². The van der Waals surface area contributed by atoms with E-state index >= 15 is 0 Å². The number of nitrogens with zero attached hydrogens (tertiary/aromatic N) is 1. The summed E-state index contributed by atoms with van der Waals surface area (Å²) in [6.45, 7) is 2.74. The van der Waals surface area contributed by atoms with Crippen LogP contribution in [0.15, 0.2) is 78.9 Å². The van der Waals surface area contributed by atoms with Crippen molar-refractivity contribution in [2.24, 2.45) is 0 Å². The third kappa shape index (κ3) is 5.17. The second-order valence-electron chi connectivity index (χ2n) is 7.35. The van der Waals surface area contributed by atoms with Gasteiger partial charge in [0, 0.05) is 30.0 Å². The molecule has 0 spiro atoms. The van der Waals surface area contributed by atoms with E-state index in [1.165, 1.54) is 24.9 Å². The second-order valence-corrected chi connectivity index (χ2v) is 7.35. The zero-order chi connectivity index (χ0) is 19.9. The molecule has 0 radical (unpaired) electrons. The Morgan fingerprint density at radius 2 is 1.52 bits per heavy atom. The molecule has 1 fully saturated rings.